The molecule has 1 N–H and O–H groups in total. The van der Waals surface area contributed by atoms with Crippen LogP contribution in [0.2, 0.25) is 0 Å². The van der Waals surface area contributed by atoms with Crippen molar-refractivity contribution in [2.24, 2.45) is 0 Å². The Labute approximate surface area is 147 Å². The van der Waals surface area contributed by atoms with Gasteiger partial charge in [0.2, 0.25) is 0 Å². The first-order valence-corrected chi connectivity index (χ1v) is 9.31. The zero-order valence-corrected chi connectivity index (χ0v) is 15.2. The van der Waals surface area contributed by atoms with Gasteiger partial charge in [-0.05, 0) is 43.0 Å². The van der Waals surface area contributed by atoms with Gasteiger partial charge in [-0.25, -0.2) is 0 Å². The molecule has 0 atom stereocenters. The van der Waals surface area contributed by atoms with E-state index in [1.807, 2.05) is 6.07 Å². The van der Waals surface area contributed by atoms with E-state index < -0.39 is 0 Å². The minimum Gasteiger partial charge on any atom is -0.494 e. The van der Waals surface area contributed by atoms with E-state index in [0.29, 0.717) is 0 Å². The highest BCUT2D eigenvalue weighted by molar-refractivity contribution is 5.48. The third kappa shape index (κ3) is 6.66. The van der Waals surface area contributed by atoms with Crippen molar-refractivity contribution in [1.82, 2.24) is 0 Å². The molecule has 0 aliphatic rings. The Bertz CT molecular complexity index is 594. The van der Waals surface area contributed by atoms with Gasteiger partial charge in [-0.3, -0.25) is 0 Å². The van der Waals surface area contributed by atoms with Crippen LogP contribution in [0.1, 0.15) is 50.2 Å². The molecule has 0 amide bonds. The van der Waals surface area contributed by atoms with E-state index in [9.17, 15) is 0 Å². The molecule has 130 valence electrons. The van der Waals surface area contributed by atoms with Crippen LogP contribution in [0.4, 0.5) is 5.69 Å². The standard InChI is InChI=1S/C22H31NO/c1-3-4-5-6-9-17-24-22-14-10-13-21(18-22)23-16-15-20-12-8-7-11-19(20)2/h7-8,10-14,18,23H,3-6,9,15-17H2,1-2H3. The molecule has 0 aliphatic heterocycles. The molecular formula is C22H31NO. The number of nitrogens with one attached hydrogen (secondary N) is 1. The van der Waals surface area contributed by atoms with Crippen LogP contribution < -0.4 is 10.1 Å². The Balaban J connectivity index is 1.71. The quantitative estimate of drug-likeness (QED) is 0.512. The first-order valence-electron chi connectivity index (χ1n) is 9.31. The van der Waals surface area contributed by atoms with Gasteiger partial charge in [-0.15, -0.1) is 0 Å². The average molecular weight is 325 g/mol. The molecule has 2 nitrogen and oxygen atoms in total. The summed E-state index contributed by atoms with van der Waals surface area (Å²) in [5.41, 5.74) is 3.90. The van der Waals surface area contributed by atoms with E-state index in [0.717, 1.165) is 37.4 Å². The monoisotopic (exact) mass is 325 g/mol. The van der Waals surface area contributed by atoms with E-state index in [-0.39, 0.29) is 0 Å². The molecule has 0 bridgehead atoms. The summed E-state index contributed by atoms with van der Waals surface area (Å²) in [5, 5.41) is 3.50. The van der Waals surface area contributed by atoms with E-state index in [2.05, 4.69) is 61.6 Å². The van der Waals surface area contributed by atoms with Crippen LogP contribution in [0.15, 0.2) is 48.5 Å². The summed E-state index contributed by atoms with van der Waals surface area (Å²) in [6, 6.07) is 16.9. The van der Waals surface area contributed by atoms with E-state index in [1.54, 1.807) is 0 Å². The van der Waals surface area contributed by atoms with Crippen LogP contribution in [0.5, 0.6) is 5.75 Å². The molecule has 2 heteroatoms. The first kappa shape index (κ1) is 18.4. The maximum Gasteiger partial charge on any atom is 0.121 e. The molecule has 0 saturated heterocycles. The Hall–Kier alpha value is -1.96. The number of ether oxygens (including phenoxy) is 1. The Kier molecular flexibility index (Phi) is 8.23. The maximum absolute atomic E-state index is 5.87. The van der Waals surface area contributed by atoms with Crippen molar-refractivity contribution in [1.29, 1.82) is 0 Å². The summed E-state index contributed by atoms with van der Waals surface area (Å²) in [4.78, 5) is 0. The van der Waals surface area contributed by atoms with Crippen LogP contribution >= 0.6 is 0 Å². The second-order valence-electron chi connectivity index (χ2n) is 6.39. The van der Waals surface area contributed by atoms with Gasteiger partial charge in [0.1, 0.15) is 5.75 Å². The fourth-order valence-electron chi connectivity index (χ4n) is 2.82. The van der Waals surface area contributed by atoms with Gasteiger partial charge in [0.15, 0.2) is 0 Å². The molecule has 0 unspecified atom stereocenters. The van der Waals surface area contributed by atoms with Gasteiger partial charge < -0.3 is 10.1 Å². The molecule has 2 rings (SSSR count). The van der Waals surface area contributed by atoms with E-state index in [1.165, 1.54) is 36.8 Å². The minimum atomic E-state index is 0.816. The largest absolute Gasteiger partial charge is 0.494 e. The lowest BCUT2D eigenvalue weighted by Crippen LogP contribution is -2.06. The maximum atomic E-state index is 5.87. The van der Waals surface area contributed by atoms with Crippen LogP contribution in [0.25, 0.3) is 0 Å². The summed E-state index contributed by atoms with van der Waals surface area (Å²) >= 11 is 0. The number of hydrogen-bond donors (Lipinski definition) is 1. The second kappa shape index (κ2) is 10.7. The highest BCUT2D eigenvalue weighted by Crippen LogP contribution is 2.18. The topological polar surface area (TPSA) is 21.3 Å². The lowest BCUT2D eigenvalue weighted by atomic mass is 10.1. The van der Waals surface area contributed by atoms with Crippen molar-refractivity contribution in [3.8, 4) is 5.75 Å². The molecule has 24 heavy (non-hydrogen) atoms. The van der Waals surface area contributed by atoms with Gasteiger partial charge in [-0.2, -0.15) is 0 Å². The summed E-state index contributed by atoms with van der Waals surface area (Å²) in [6.07, 6.45) is 7.39. The molecular weight excluding hydrogens is 294 g/mol. The molecule has 0 aliphatic carbocycles. The fourth-order valence-corrected chi connectivity index (χ4v) is 2.82. The average Bonchev–Trinajstić information content (AvgIpc) is 2.60. The zero-order chi connectivity index (χ0) is 17.0. The predicted molar refractivity (Wildman–Crippen MR) is 104 cm³/mol. The van der Waals surface area contributed by atoms with E-state index in [4.69, 9.17) is 4.74 Å². The van der Waals surface area contributed by atoms with Gasteiger partial charge >= 0.3 is 0 Å². The zero-order valence-electron chi connectivity index (χ0n) is 15.2. The Morgan fingerprint density at radius 2 is 1.75 bits per heavy atom. The molecule has 2 aromatic carbocycles. The minimum absolute atomic E-state index is 0.816. The lowest BCUT2D eigenvalue weighted by molar-refractivity contribution is 0.304. The molecule has 0 spiro atoms. The highest BCUT2D eigenvalue weighted by atomic mass is 16.5. The smallest absolute Gasteiger partial charge is 0.121 e. The SMILES string of the molecule is CCCCCCCOc1cccc(NCCc2ccccc2C)c1. The van der Waals surface area contributed by atoms with Crippen LogP contribution in [-0.4, -0.2) is 13.2 Å². The molecule has 0 saturated carbocycles. The van der Waals surface area contributed by atoms with Crippen LogP contribution in [0.3, 0.4) is 0 Å². The Morgan fingerprint density at radius 1 is 0.917 bits per heavy atom. The fraction of sp³-hybridized carbons (Fsp3) is 0.455. The number of aryl methyl sites for hydroxylation is 1. The van der Waals surface area contributed by atoms with Crippen molar-refractivity contribution in [2.45, 2.75) is 52.4 Å². The Morgan fingerprint density at radius 3 is 2.58 bits per heavy atom. The highest BCUT2D eigenvalue weighted by Gasteiger charge is 1.99. The lowest BCUT2D eigenvalue weighted by Gasteiger charge is -2.11. The predicted octanol–water partition coefficient (Wildman–Crippen LogP) is 6.00. The summed E-state index contributed by atoms with van der Waals surface area (Å²) < 4.78 is 5.87. The van der Waals surface area contributed by atoms with Gasteiger partial charge in [0.25, 0.3) is 0 Å². The normalized spacial score (nSPS) is 10.6. The third-order valence-electron chi connectivity index (χ3n) is 4.34. The van der Waals surface area contributed by atoms with E-state index >= 15 is 0 Å². The molecule has 0 aromatic heterocycles. The third-order valence-corrected chi connectivity index (χ3v) is 4.34. The number of unbranched alkanes of at least 4 members (excludes halogenated alkanes) is 4. The first-order chi connectivity index (χ1) is 11.8. The van der Waals surface area contributed by atoms with Crippen molar-refractivity contribution in [2.75, 3.05) is 18.5 Å². The molecule has 0 fully saturated rings. The summed E-state index contributed by atoms with van der Waals surface area (Å²) in [7, 11) is 0. The van der Waals surface area contributed by atoms with Crippen molar-refractivity contribution in [3.05, 3.63) is 59.7 Å². The van der Waals surface area contributed by atoms with Crippen molar-refractivity contribution >= 4 is 5.69 Å². The van der Waals surface area contributed by atoms with Crippen molar-refractivity contribution in [3.63, 3.8) is 0 Å². The number of hydrogen-bond acceptors (Lipinski definition) is 2. The second-order valence-corrected chi connectivity index (χ2v) is 6.39. The number of rotatable bonds is 11. The van der Waals surface area contributed by atoms with Crippen molar-refractivity contribution < 1.29 is 4.74 Å². The summed E-state index contributed by atoms with van der Waals surface area (Å²) in [6.45, 7) is 6.17. The number of anilines is 1. The molecule has 0 heterocycles. The molecule has 2 aromatic rings. The molecule has 0 radical (unpaired) electrons. The van der Waals surface area contributed by atoms with Crippen LogP contribution in [-0.2, 0) is 6.42 Å². The number of benzene rings is 2. The van der Waals surface area contributed by atoms with Gasteiger partial charge in [0, 0.05) is 18.3 Å². The van der Waals surface area contributed by atoms with Crippen LogP contribution in [0, 0.1) is 6.92 Å². The summed E-state index contributed by atoms with van der Waals surface area (Å²) in [5.74, 6) is 0.964. The van der Waals surface area contributed by atoms with Gasteiger partial charge in [-0.1, -0.05) is 62.9 Å². The van der Waals surface area contributed by atoms with Gasteiger partial charge in [0.05, 0.1) is 6.61 Å².